The highest BCUT2D eigenvalue weighted by molar-refractivity contribution is 7.80. The molecule has 0 bridgehead atoms. The molecule has 1 aliphatic carbocycles. The number of ketones is 1. The van der Waals surface area contributed by atoms with Gasteiger partial charge < -0.3 is 9.45 Å². The molecule has 2 aliphatic rings. The summed E-state index contributed by atoms with van der Waals surface area (Å²) in [6.45, 7) is 15.9. The number of unbranched alkanes of at least 4 members (excludes halogenated alkanes) is 2. The van der Waals surface area contributed by atoms with E-state index >= 15 is 0 Å². The van der Waals surface area contributed by atoms with Crippen LogP contribution in [0.2, 0.25) is 0 Å². The standard InChI is InChI=1S/C35H45NO3S2/c1-8-26-27-18-16-24(40)21-29(27)34(4,5)28(26)13-12-15-33-35(6,7)30-22-25(41(38)39)17-19-31(30)36(33)20-11-9-10-14-32(37)23(2)3/h12-13,15-19,21-23,40H,8-11,14,20H2,1-7H3,(H,38,39)/p-1/b13-12+,33-15+. The van der Waals surface area contributed by atoms with Crippen LogP contribution in [0.1, 0.15) is 97.3 Å². The van der Waals surface area contributed by atoms with E-state index in [0.29, 0.717) is 17.1 Å². The predicted molar refractivity (Wildman–Crippen MR) is 173 cm³/mol. The van der Waals surface area contributed by atoms with Crippen molar-refractivity contribution in [2.24, 2.45) is 5.92 Å². The molecular formula is C35H44NO3S2-. The van der Waals surface area contributed by atoms with E-state index in [-0.39, 0.29) is 16.7 Å². The van der Waals surface area contributed by atoms with Crippen molar-refractivity contribution in [3.8, 4) is 0 Å². The average Bonchev–Trinajstić information content (AvgIpc) is 3.26. The van der Waals surface area contributed by atoms with Crippen molar-refractivity contribution in [2.75, 3.05) is 11.4 Å². The van der Waals surface area contributed by atoms with E-state index in [1.165, 1.54) is 22.3 Å². The molecule has 1 unspecified atom stereocenters. The molecule has 0 spiro atoms. The summed E-state index contributed by atoms with van der Waals surface area (Å²) in [5.41, 5.74) is 8.08. The van der Waals surface area contributed by atoms with Crippen LogP contribution in [0.3, 0.4) is 0 Å². The maximum absolute atomic E-state index is 12.1. The topological polar surface area (TPSA) is 60.4 Å². The monoisotopic (exact) mass is 590 g/mol. The van der Waals surface area contributed by atoms with Crippen LogP contribution < -0.4 is 4.90 Å². The van der Waals surface area contributed by atoms with Gasteiger partial charge in [0.15, 0.2) is 0 Å². The van der Waals surface area contributed by atoms with Gasteiger partial charge in [-0.2, -0.15) is 0 Å². The number of carbonyl (C=O) groups is 1. The van der Waals surface area contributed by atoms with Crippen LogP contribution in [0.15, 0.2) is 75.7 Å². The number of allylic oxidation sites excluding steroid dienone is 6. The molecule has 6 heteroatoms. The number of hydrogen-bond donors (Lipinski definition) is 1. The number of fused-ring (bicyclic) bond motifs is 2. The Morgan fingerprint density at radius 2 is 1.76 bits per heavy atom. The summed E-state index contributed by atoms with van der Waals surface area (Å²) in [7, 11) is 0. The second-order valence-electron chi connectivity index (χ2n) is 12.6. The Morgan fingerprint density at radius 3 is 2.41 bits per heavy atom. The fourth-order valence-electron chi connectivity index (χ4n) is 6.44. The zero-order valence-electron chi connectivity index (χ0n) is 25.5. The summed E-state index contributed by atoms with van der Waals surface area (Å²) in [6.07, 6.45) is 11.0. The normalized spacial score (nSPS) is 19.0. The van der Waals surface area contributed by atoms with Gasteiger partial charge in [-0.1, -0.05) is 73.1 Å². The first kappa shape index (κ1) is 31.5. The second kappa shape index (κ2) is 12.4. The van der Waals surface area contributed by atoms with E-state index in [0.717, 1.165) is 54.1 Å². The number of thiol groups is 1. The maximum Gasteiger partial charge on any atom is 0.135 e. The Labute approximate surface area is 254 Å². The van der Waals surface area contributed by atoms with Crippen molar-refractivity contribution in [3.05, 3.63) is 82.6 Å². The number of Topliss-reactive ketones (excluding diaryl/α,β-unsaturated/α-hetero) is 1. The van der Waals surface area contributed by atoms with Gasteiger partial charge in [0.1, 0.15) is 5.78 Å². The van der Waals surface area contributed by atoms with E-state index in [4.69, 9.17) is 0 Å². The third-order valence-electron chi connectivity index (χ3n) is 8.88. The Balaban J connectivity index is 1.65. The maximum atomic E-state index is 12.1. The SMILES string of the molecule is CCC1=C(/C=C/C=C2/N(CCCCCC(=O)C(C)C)c3ccc(S(=O)[O-])cc3C2(C)C)C(C)(C)c2cc(S)ccc21. The van der Waals surface area contributed by atoms with E-state index in [1.54, 1.807) is 6.07 Å². The van der Waals surface area contributed by atoms with Crippen LogP contribution >= 0.6 is 12.6 Å². The van der Waals surface area contributed by atoms with Gasteiger partial charge in [0.2, 0.25) is 0 Å². The van der Waals surface area contributed by atoms with Gasteiger partial charge >= 0.3 is 0 Å². The van der Waals surface area contributed by atoms with Gasteiger partial charge in [-0.15, -0.1) is 12.6 Å². The first-order valence-corrected chi connectivity index (χ1v) is 16.3. The lowest BCUT2D eigenvalue weighted by Gasteiger charge is -2.27. The summed E-state index contributed by atoms with van der Waals surface area (Å²) >= 11 is 2.32. The summed E-state index contributed by atoms with van der Waals surface area (Å²) < 4.78 is 23.6. The lowest BCUT2D eigenvalue weighted by molar-refractivity contribution is -0.122. The number of nitrogens with zero attached hydrogens (tertiary/aromatic N) is 1. The van der Waals surface area contributed by atoms with E-state index in [2.05, 4.69) is 88.6 Å². The van der Waals surface area contributed by atoms with Gasteiger partial charge in [0, 0.05) is 50.9 Å². The van der Waals surface area contributed by atoms with Crippen LogP contribution in [0.5, 0.6) is 0 Å². The molecular weight excluding hydrogens is 547 g/mol. The van der Waals surface area contributed by atoms with E-state index in [9.17, 15) is 13.6 Å². The van der Waals surface area contributed by atoms with Gasteiger partial charge in [-0.3, -0.25) is 9.00 Å². The fourth-order valence-corrected chi connectivity index (χ4v) is 7.04. The number of hydrogen-bond acceptors (Lipinski definition) is 5. The quantitative estimate of drug-likeness (QED) is 0.162. The number of rotatable bonds is 11. The van der Waals surface area contributed by atoms with Crippen molar-refractivity contribution in [1.29, 1.82) is 0 Å². The molecule has 2 aromatic rings. The van der Waals surface area contributed by atoms with Crippen molar-refractivity contribution in [3.63, 3.8) is 0 Å². The van der Waals surface area contributed by atoms with Gasteiger partial charge in [0.25, 0.3) is 0 Å². The zero-order chi connectivity index (χ0) is 30.1. The Bertz CT molecular complexity index is 1450. The minimum Gasteiger partial charge on any atom is -0.768 e. The van der Waals surface area contributed by atoms with Gasteiger partial charge in [0.05, 0.1) is 0 Å². The van der Waals surface area contributed by atoms with E-state index < -0.39 is 11.1 Å². The van der Waals surface area contributed by atoms with Crippen molar-refractivity contribution >= 4 is 40.8 Å². The summed E-state index contributed by atoms with van der Waals surface area (Å²) in [5.74, 6) is 0.411. The molecule has 0 saturated carbocycles. The highest BCUT2D eigenvalue weighted by Gasteiger charge is 2.40. The highest BCUT2D eigenvalue weighted by Crippen LogP contribution is 2.50. The number of carbonyl (C=O) groups excluding carboxylic acids is 1. The highest BCUT2D eigenvalue weighted by atomic mass is 32.2. The molecule has 0 radical (unpaired) electrons. The third-order valence-corrected chi connectivity index (χ3v) is 9.79. The van der Waals surface area contributed by atoms with Crippen LogP contribution in [0, 0.1) is 5.92 Å². The molecule has 0 N–H and O–H groups in total. The van der Waals surface area contributed by atoms with Crippen molar-refractivity contribution in [1.82, 2.24) is 0 Å². The lowest BCUT2D eigenvalue weighted by atomic mass is 9.80. The minimum absolute atomic E-state index is 0.0873. The minimum atomic E-state index is -2.28. The van der Waals surface area contributed by atoms with Crippen molar-refractivity contribution < 1.29 is 13.6 Å². The Hall–Kier alpha value is -2.41. The molecule has 0 amide bonds. The van der Waals surface area contributed by atoms with Crippen molar-refractivity contribution in [2.45, 2.75) is 101 Å². The molecule has 2 aromatic carbocycles. The molecule has 1 aliphatic heterocycles. The van der Waals surface area contributed by atoms with Gasteiger partial charge in [-0.05, 0) is 94.6 Å². The Kier molecular flexibility index (Phi) is 9.57. The molecule has 0 saturated heterocycles. The number of benzene rings is 2. The van der Waals surface area contributed by atoms with Crippen LogP contribution in [-0.2, 0) is 26.7 Å². The molecule has 4 rings (SSSR count). The smallest absolute Gasteiger partial charge is 0.135 e. The lowest BCUT2D eigenvalue weighted by Crippen LogP contribution is -2.27. The summed E-state index contributed by atoms with van der Waals surface area (Å²) in [6, 6.07) is 11.9. The third kappa shape index (κ3) is 6.21. The first-order valence-electron chi connectivity index (χ1n) is 14.8. The largest absolute Gasteiger partial charge is 0.768 e. The zero-order valence-corrected chi connectivity index (χ0v) is 27.3. The summed E-state index contributed by atoms with van der Waals surface area (Å²) in [4.78, 5) is 15.7. The fraction of sp³-hybridized carbons (Fsp3) is 0.457. The van der Waals surface area contributed by atoms with Crippen LogP contribution in [0.25, 0.3) is 5.57 Å². The molecule has 1 heterocycles. The molecule has 41 heavy (non-hydrogen) atoms. The molecule has 0 aromatic heterocycles. The Morgan fingerprint density at radius 1 is 1.02 bits per heavy atom. The van der Waals surface area contributed by atoms with Crippen LogP contribution in [-0.4, -0.2) is 21.1 Å². The predicted octanol–water partition coefficient (Wildman–Crippen LogP) is 8.69. The van der Waals surface area contributed by atoms with Gasteiger partial charge in [-0.25, -0.2) is 0 Å². The molecule has 1 atom stereocenters. The first-order chi connectivity index (χ1) is 19.3. The van der Waals surface area contributed by atoms with Crippen LogP contribution in [0.4, 0.5) is 5.69 Å². The second-order valence-corrected chi connectivity index (χ2v) is 14.1. The number of anilines is 1. The summed E-state index contributed by atoms with van der Waals surface area (Å²) in [5, 5.41) is 0. The average molecular weight is 591 g/mol. The molecule has 4 nitrogen and oxygen atoms in total. The van der Waals surface area contributed by atoms with E-state index in [1.807, 2.05) is 26.0 Å². The molecule has 0 fully saturated rings. The molecule has 220 valence electrons.